The lowest BCUT2D eigenvalue weighted by Crippen LogP contribution is -2.43. The molecule has 0 saturated carbocycles. The van der Waals surface area contributed by atoms with Gasteiger partial charge in [-0.25, -0.2) is 13.9 Å². The first-order valence-corrected chi connectivity index (χ1v) is 10.9. The van der Waals surface area contributed by atoms with E-state index < -0.39 is 11.7 Å². The average Bonchev–Trinajstić information content (AvgIpc) is 3.16. The Morgan fingerprint density at radius 2 is 1.82 bits per heavy atom. The first-order chi connectivity index (χ1) is 16.5. The highest BCUT2D eigenvalue weighted by molar-refractivity contribution is 6.12. The Morgan fingerprint density at radius 1 is 1.09 bits per heavy atom. The van der Waals surface area contributed by atoms with Crippen molar-refractivity contribution in [2.24, 2.45) is 0 Å². The van der Waals surface area contributed by atoms with Crippen molar-refractivity contribution in [3.8, 4) is 11.1 Å². The van der Waals surface area contributed by atoms with Crippen molar-refractivity contribution in [3.63, 3.8) is 0 Å². The molecule has 1 fully saturated rings. The molecule has 11 heteroatoms. The summed E-state index contributed by atoms with van der Waals surface area (Å²) in [5.41, 5.74) is 9.43. The highest BCUT2D eigenvalue weighted by Crippen LogP contribution is 2.28. The number of nitrogens with one attached hydrogen (secondary N) is 1. The van der Waals surface area contributed by atoms with E-state index in [4.69, 9.17) is 5.73 Å². The number of fused-ring (bicyclic) bond motifs is 1. The summed E-state index contributed by atoms with van der Waals surface area (Å²) < 4.78 is 14.6. The maximum atomic E-state index is 13.5. The number of aromatic nitrogens is 5. The maximum Gasteiger partial charge on any atom is 0.263 e. The maximum absolute atomic E-state index is 13.5. The Hall–Kier alpha value is -3.96. The van der Waals surface area contributed by atoms with Crippen molar-refractivity contribution < 1.29 is 9.18 Å². The number of hydrogen-bond acceptors (Lipinski definition) is 8. The number of amides is 1. The number of halogens is 1. The van der Waals surface area contributed by atoms with Gasteiger partial charge in [-0.05, 0) is 18.2 Å². The van der Waals surface area contributed by atoms with Gasteiger partial charge < -0.3 is 16.0 Å². The first kappa shape index (κ1) is 21.9. The SMILES string of the molecule is CN1CCN(Cc2ccc(-c3cnncc3NC(=O)c3c(N)nn4cc(F)cnc34)cc2)CC1. The fraction of sp³-hybridized carbons (Fsp3) is 0.261. The van der Waals surface area contributed by atoms with Gasteiger partial charge in [0, 0.05) is 38.3 Å². The largest absolute Gasteiger partial charge is 0.381 e. The van der Waals surface area contributed by atoms with Gasteiger partial charge in [0.15, 0.2) is 17.3 Å². The Morgan fingerprint density at radius 3 is 2.59 bits per heavy atom. The lowest BCUT2D eigenvalue weighted by Gasteiger charge is -2.32. The van der Waals surface area contributed by atoms with Crippen LogP contribution in [0, 0.1) is 5.82 Å². The molecule has 3 N–H and O–H groups in total. The summed E-state index contributed by atoms with van der Waals surface area (Å²) in [6.07, 6.45) is 5.19. The van der Waals surface area contributed by atoms with Gasteiger partial charge in [-0.3, -0.25) is 9.69 Å². The second kappa shape index (κ2) is 9.12. The molecule has 5 rings (SSSR count). The molecule has 10 nitrogen and oxygen atoms in total. The zero-order valence-corrected chi connectivity index (χ0v) is 18.6. The summed E-state index contributed by atoms with van der Waals surface area (Å²) in [7, 11) is 2.14. The Balaban J connectivity index is 1.36. The van der Waals surface area contributed by atoms with Crippen molar-refractivity contribution in [1.29, 1.82) is 0 Å². The first-order valence-electron chi connectivity index (χ1n) is 10.9. The van der Waals surface area contributed by atoms with Crippen molar-refractivity contribution in [1.82, 2.24) is 34.6 Å². The number of hydrogen-bond donors (Lipinski definition) is 2. The number of nitrogen functional groups attached to an aromatic ring is 1. The van der Waals surface area contributed by atoms with Crippen LogP contribution >= 0.6 is 0 Å². The van der Waals surface area contributed by atoms with E-state index in [-0.39, 0.29) is 17.0 Å². The van der Waals surface area contributed by atoms with Crippen LogP contribution in [0.1, 0.15) is 15.9 Å². The standard InChI is InChI=1S/C23H24FN9O/c1-31-6-8-32(9-7-31)13-15-2-4-16(5-3-15)18-11-27-28-12-19(18)29-23(34)20-21(25)30-33-14-17(24)10-26-22(20)33/h2-5,10-12,14H,6-9,13H2,1H3,(H2,25,30)(H,27,29,34). The molecule has 0 radical (unpaired) electrons. The Labute approximate surface area is 195 Å². The molecule has 174 valence electrons. The van der Waals surface area contributed by atoms with Gasteiger partial charge in [0.25, 0.3) is 5.91 Å². The predicted octanol–water partition coefficient (Wildman–Crippen LogP) is 1.91. The van der Waals surface area contributed by atoms with Gasteiger partial charge in [0.1, 0.15) is 5.56 Å². The molecule has 1 aromatic carbocycles. The molecule has 0 aliphatic carbocycles. The molecule has 0 spiro atoms. The quantitative estimate of drug-likeness (QED) is 0.463. The molecule has 0 unspecified atom stereocenters. The van der Waals surface area contributed by atoms with Crippen LogP contribution < -0.4 is 11.1 Å². The zero-order valence-electron chi connectivity index (χ0n) is 18.6. The summed E-state index contributed by atoms with van der Waals surface area (Å²) in [5, 5.41) is 14.7. The number of carbonyl (C=O) groups is 1. The highest BCUT2D eigenvalue weighted by atomic mass is 19.1. The molecule has 1 amide bonds. The zero-order chi connectivity index (χ0) is 23.7. The number of rotatable bonds is 5. The molecule has 0 atom stereocenters. The summed E-state index contributed by atoms with van der Waals surface area (Å²) >= 11 is 0. The van der Waals surface area contributed by atoms with Crippen LogP contribution in [0.4, 0.5) is 15.9 Å². The number of anilines is 2. The summed E-state index contributed by atoms with van der Waals surface area (Å²) in [4.78, 5) is 21.8. The van der Waals surface area contributed by atoms with E-state index in [1.165, 1.54) is 11.8 Å². The van der Waals surface area contributed by atoms with Crippen LogP contribution in [0.25, 0.3) is 16.8 Å². The Bertz CT molecular complexity index is 1330. The van der Waals surface area contributed by atoms with Crippen LogP contribution in [-0.4, -0.2) is 73.7 Å². The number of nitrogens with two attached hydrogens (primary N) is 1. The van der Waals surface area contributed by atoms with Gasteiger partial charge >= 0.3 is 0 Å². The third-order valence-corrected chi connectivity index (χ3v) is 5.94. The fourth-order valence-corrected chi connectivity index (χ4v) is 4.04. The van der Waals surface area contributed by atoms with Gasteiger partial charge in [-0.1, -0.05) is 24.3 Å². The van der Waals surface area contributed by atoms with Gasteiger partial charge in [0.05, 0.1) is 30.5 Å². The lowest BCUT2D eigenvalue weighted by atomic mass is 10.0. The number of benzene rings is 1. The molecular formula is C23H24FN9O. The van der Waals surface area contributed by atoms with E-state index in [9.17, 15) is 9.18 Å². The number of likely N-dealkylation sites (N-methyl/N-ethyl adjacent to an activating group) is 1. The molecular weight excluding hydrogens is 437 g/mol. The van der Waals surface area contributed by atoms with Crippen LogP contribution in [-0.2, 0) is 6.54 Å². The van der Waals surface area contributed by atoms with E-state index in [0.717, 1.165) is 55.2 Å². The monoisotopic (exact) mass is 461 g/mol. The predicted molar refractivity (Wildman–Crippen MR) is 126 cm³/mol. The van der Waals surface area contributed by atoms with Crippen LogP contribution in [0.15, 0.2) is 49.1 Å². The average molecular weight is 462 g/mol. The highest BCUT2D eigenvalue weighted by Gasteiger charge is 2.21. The minimum Gasteiger partial charge on any atom is -0.381 e. The van der Waals surface area contributed by atoms with Crippen LogP contribution in [0.5, 0.6) is 0 Å². The molecule has 0 bridgehead atoms. The molecule has 4 heterocycles. The van der Waals surface area contributed by atoms with Crippen molar-refractivity contribution in [2.75, 3.05) is 44.3 Å². The van der Waals surface area contributed by atoms with Crippen molar-refractivity contribution >= 4 is 23.1 Å². The number of piperazine rings is 1. The Kier molecular flexibility index (Phi) is 5.86. The molecule has 1 aliphatic heterocycles. The molecule has 1 aliphatic rings. The minimum atomic E-state index is -0.585. The van der Waals surface area contributed by atoms with Crippen molar-refractivity contribution in [3.05, 3.63) is 66.0 Å². The van der Waals surface area contributed by atoms with E-state index >= 15 is 0 Å². The third kappa shape index (κ3) is 4.43. The minimum absolute atomic E-state index is 0.0487. The topological polar surface area (TPSA) is 118 Å². The summed E-state index contributed by atoms with van der Waals surface area (Å²) in [6, 6.07) is 8.18. The van der Waals surface area contributed by atoms with Crippen LogP contribution in [0.2, 0.25) is 0 Å². The molecule has 4 aromatic rings. The smallest absolute Gasteiger partial charge is 0.263 e. The van der Waals surface area contributed by atoms with Gasteiger partial charge in [-0.15, -0.1) is 5.10 Å². The normalized spacial score (nSPS) is 15.0. The third-order valence-electron chi connectivity index (χ3n) is 5.94. The van der Waals surface area contributed by atoms with E-state index in [0.29, 0.717) is 11.3 Å². The molecule has 1 saturated heterocycles. The van der Waals surface area contributed by atoms with E-state index in [1.807, 2.05) is 12.1 Å². The molecule has 3 aromatic heterocycles. The summed E-state index contributed by atoms with van der Waals surface area (Å²) in [5.74, 6) is -1.15. The fourth-order valence-electron chi connectivity index (χ4n) is 4.04. The summed E-state index contributed by atoms with van der Waals surface area (Å²) in [6.45, 7) is 5.15. The van der Waals surface area contributed by atoms with Gasteiger partial charge in [-0.2, -0.15) is 10.2 Å². The number of nitrogens with zero attached hydrogens (tertiary/aromatic N) is 7. The van der Waals surface area contributed by atoms with E-state index in [2.05, 4.69) is 54.6 Å². The second-order valence-corrected chi connectivity index (χ2v) is 8.35. The van der Waals surface area contributed by atoms with E-state index in [1.54, 1.807) is 6.20 Å². The van der Waals surface area contributed by atoms with Gasteiger partial charge in [0.2, 0.25) is 0 Å². The van der Waals surface area contributed by atoms with Crippen LogP contribution in [0.3, 0.4) is 0 Å². The second-order valence-electron chi connectivity index (χ2n) is 8.35. The van der Waals surface area contributed by atoms with Crippen molar-refractivity contribution in [2.45, 2.75) is 6.54 Å². The lowest BCUT2D eigenvalue weighted by molar-refractivity contribution is 0.102. The molecule has 34 heavy (non-hydrogen) atoms. The number of carbonyl (C=O) groups excluding carboxylic acids is 1.